The molecule has 2 aliphatic heterocycles. The van der Waals surface area contributed by atoms with Crippen molar-refractivity contribution in [3.05, 3.63) is 0 Å². The van der Waals surface area contributed by atoms with Gasteiger partial charge >= 0.3 is 0 Å². The molecule has 17 heavy (non-hydrogen) atoms. The van der Waals surface area contributed by atoms with Gasteiger partial charge in [-0.3, -0.25) is 9.80 Å². The van der Waals surface area contributed by atoms with E-state index in [2.05, 4.69) is 30.6 Å². The molecule has 2 rings (SSSR count). The summed E-state index contributed by atoms with van der Waals surface area (Å²) in [4.78, 5) is 5.32. The smallest absolute Gasteiger partial charge is 0.0267 e. The molecule has 0 spiro atoms. The molecule has 2 heterocycles. The van der Waals surface area contributed by atoms with Gasteiger partial charge in [-0.15, -0.1) is 0 Å². The van der Waals surface area contributed by atoms with E-state index in [9.17, 15) is 0 Å². The first-order chi connectivity index (χ1) is 8.02. The van der Waals surface area contributed by atoms with Gasteiger partial charge < -0.3 is 5.73 Å². The van der Waals surface area contributed by atoms with E-state index in [1.165, 1.54) is 45.4 Å². The average Bonchev–Trinajstić information content (AvgIpc) is 2.84. The van der Waals surface area contributed by atoms with Crippen molar-refractivity contribution in [3.8, 4) is 0 Å². The molecule has 0 aromatic carbocycles. The van der Waals surface area contributed by atoms with Crippen molar-refractivity contribution in [2.75, 3.05) is 32.7 Å². The van der Waals surface area contributed by atoms with Gasteiger partial charge in [-0.2, -0.15) is 0 Å². The zero-order chi connectivity index (χ0) is 12.5. The fourth-order valence-electron chi connectivity index (χ4n) is 3.51. The van der Waals surface area contributed by atoms with Crippen LogP contribution in [-0.2, 0) is 0 Å². The minimum absolute atomic E-state index is 0.300. The Hall–Kier alpha value is -0.120. The second kappa shape index (κ2) is 5.25. The van der Waals surface area contributed by atoms with Gasteiger partial charge in [-0.1, -0.05) is 20.8 Å². The number of nitrogens with zero attached hydrogens (tertiary/aromatic N) is 2. The van der Waals surface area contributed by atoms with Crippen molar-refractivity contribution >= 4 is 0 Å². The lowest BCUT2D eigenvalue weighted by Gasteiger charge is -2.37. The molecule has 0 aromatic heterocycles. The molecule has 2 fully saturated rings. The van der Waals surface area contributed by atoms with Gasteiger partial charge in [0.2, 0.25) is 0 Å². The summed E-state index contributed by atoms with van der Waals surface area (Å²) in [5.74, 6) is 0. The average molecular weight is 239 g/mol. The summed E-state index contributed by atoms with van der Waals surface area (Å²) >= 11 is 0. The lowest BCUT2D eigenvalue weighted by molar-refractivity contribution is 0.119. The van der Waals surface area contributed by atoms with Gasteiger partial charge in [-0.25, -0.2) is 0 Å². The molecule has 100 valence electrons. The largest absolute Gasteiger partial charge is 0.329 e. The molecule has 3 nitrogen and oxygen atoms in total. The number of hydrogen-bond donors (Lipinski definition) is 1. The SMILES string of the molecule is CC(C)(C)C(CN)N1CCC(N2CCCC2)C1. The molecular formula is C14H29N3. The van der Waals surface area contributed by atoms with Crippen LogP contribution in [0, 0.1) is 5.41 Å². The molecule has 2 unspecified atom stereocenters. The highest BCUT2D eigenvalue weighted by atomic mass is 15.3. The first kappa shape index (κ1) is 13.3. The predicted molar refractivity (Wildman–Crippen MR) is 73.1 cm³/mol. The molecule has 2 saturated heterocycles. The molecule has 0 aromatic rings. The summed E-state index contributed by atoms with van der Waals surface area (Å²) in [7, 11) is 0. The van der Waals surface area contributed by atoms with Gasteiger partial charge in [0.1, 0.15) is 0 Å². The number of nitrogens with two attached hydrogens (primary N) is 1. The van der Waals surface area contributed by atoms with Gasteiger partial charge in [0.15, 0.2) is 0 Å². The topological polar surface area (TPSA) is 32.5 Å². The molecular weight excluding hydrogens is 210 g/mol. The van der Waals surface area contributed by atoms with Crippen LogP contribution in [0.4, 0.5) is 0 Å². The summed E-state index contributed by atoms with van der Waals surface area (Å²) in [5.41, 5.74) is 6.28. The summed E-state index contributed by atoms with van der Waals surface area (Å²) in [6.07, 6.45) is 4.14. The van der Waals surface area contributed by atoms with Crippen LogP contribution in [0.2, 0.25) is 0 Å². The maximum absolute atomic E-state index is 5.98. The zero-order valence-corrected chi connectivity index (χ0v) is 11.8. The van der Waals surface area contributed by atoms with Gasteiger partial charge in [0.05, 0.1) is 0 Å². The van der Waals surface area contributed by atoms with Crippen LogP contribution in [0.25, 0.3) is 0 Å². The van der Waals surface area contributed by atoms with Gasteiger partial charge in [0.25, 0.3) is 0 Å². The fraction of sp³-hybridized carbons (Fsp3) is 1.00. The summed E-state index contributed by atoms with van der Waals surface area (Å²) < 4.78 is 0. The van der Waals surface area contributed by atoms with Crippen LogP contribution >= 0.6 is 0 Å². The second-order valence-electron chi connectivity index (χ2n) is 6.80. The van der Waals surface area contributed by atoms with Crippen LogP contribution in [-0.4, -0.2) is 54.6 Å². The monoisotopic (exact) mass is 239 g/mol. The van der Waals surface area contributed by atoms with Crippen LogP contribution in [0.1, 0.15) is 40.0 Å². The van der Waals surface area contributed by atoms with E-state index in [4.69, 9.17) is 5.73 Å². The van der Waals surface area contributed by atoms with Crippen LogP contribution < -0.4 is 5.73 Å². The van der Waals surface area contributed by atoms with Crippen molar-refractivity contribution in [3.63, 3.8) is 0 Å². The third-order valence-corrected chi connectivity index (χ3v) is 4.52. The highest BCUT2D eigenvalue weighted by Crippen LogP contribution is 2.29. The van der Waals surface area contributed by atoms with Gasteiger partial charge in [-0.05, 0) is 37.8 Å². The standard InChI is InChI=1S/C14H29N3/c1-14(2,3)13(10-15)17-9-6-12(11-17)16-7-4-5-8-16/h12-13H,4-11,15H2,1-3H3. The Morgan fingerprint density at radius 3 is 2.35 bits per heavy atom. The lowest BCUT2D eigenvalue weighted by Crippen LogP contribution is -2.48. The first-order valence-corrected chi connectivity index (χ1v) is 7.20. The highest BCUT2D eigenvalue weighted by Gasteiger charge is 2.36. The van der Waals surface area contributed by atoms with Crippen molar-refractivity contribution in [1.29, 1.82) is 0 Å². The Labute approximate surface area is 106 Å². The third-order valence-electron chi connectivity index (χ3n) is 4.52. The number of hydrogen-bond acceptors (Lipinski definition) is 3. The van der Waals surface area contributed by atoms with Crippen molar-refractivity contribution in [2.24, 2.45) is 11.1 Å². The quantitative estimate of drug-likeness (QED) is 0.811. The normalized spacial score (nSPS) is 30.0. The Morgan fingerprint density at radius 1 is 1.18 bits per heavy atom. The maximum Gasteiger partial charge on any atom is 0.0267 e. The Kier molecular flexibility index (Phi) is 4.11. The van der Waals surface area contributed by atoms with Crippen molar-refractivity contribution < 1.29 is 0 Å². The molecule has 0 radical (unpaired) electrons. The molecule has 0 aliphatic carbocycles. The highest BCUT2D eigenvalue weighted by molar-refractivity contribution is 4.92. The van der Waals surface area contributed by atoms with E-state index in [0.717, 1.165) is 12.6 Å². The Balaban J connectivity index is 1.91. The van der Waals surface area contributed by atoms with Crippen molar-refractivity contribution in [1.82, 2.24) is 9.80 Å². The summed E-state index contributed by atoms with van der Waals surface area (Å²) in [6.45, 7) is 12.8. The first-order valence-electron chi connectivity index (χ1n) is 7.20. The minimum Gasteiger partial charge on any atom is -0.329 e. The van der Waals surface area contributed by atoms with E-state index >= 15 is 0 Å². The minimum atomic E-state index is 0.300. The molecule has 2 N–H and O–H groups in total. The summed E-state index contributed by atoms with van der Waals surface area (Å²) in [5, 5.41) is 0. The number of rotatable bonds is 3. The fourth-order valence-corrected chi connectivity index (χ4v) is 3.51. The zero-order valence-electron chi connectivity index (χ0n) is 11.8. The van der Waals surface area contributed by atoms with Crippen LogP contribution in [0.3, 0.4) is 0 Å². The van der Waals surface area contributed by atoms with E-state index in [-0.39, 0.29) is 0 Å². The summed E-state index contributed by atoms with van der Waals surface area (Å²) in [6, 6.07) is 1.34. The Bertz CT molecular complexity index is 240. The lowest BCUT2D eigenvalue weighted by atomic mass is 9.86. The van der Waals surface area contributed by atoms with Crippen LogP contribution in [0.15, 0.2) is 0 Å². The van der Waals surface area contributed by atoms with Gasteiger partial charge in [0, 0.05) is 31.7 Å². The molecule has 0 saturated carbocycles. The van der Waals surface area contributed by atoms with E-state index in [1.54, 1.807) is 0 Å². The Morgan fingerprint density at radius 2 is 1.82 bits per heavy atom. The van der Waals surface area contributed by atoms with E-state index in [0.29, 0.717) is 11.5 Å². The maximum atomic E-state index is 5.98. The van der Waals surface area contributed by atoms with Crippen molar-refractivity contribution in [2.45, 2.75) is 52.1 Å². The third kappa shape index (κ3) is 3.01. The molecule has 2 atom stereocenters. The second-order valence-corrected chi connectivity index (χ2v) is 6.80. The molecule has 0 bridgehead atoms. The molecule has 0 amide bonds. The predicted octanol–water partition coefficient (Wildman–Crippen LogP) is 1.53. The van der Waals surface area contributed by atoms with E-state index in [1.807, 2.05) is 0 Å². The molecule has 2 aliphatic rings. The van der Waals surface area contributed by atoms with Crippen LogP contribution in [0.5, 0.6) is 0 Å². The molecule has 3 heteroatoms. The number of likely N-dealkylation sites (tertiary alicyclic amines) is 2. The van der Waals surface area contributed by atoms with E-state index < -0.39 is 0 Å².